The quantitative estimate of drug-likeness (QED) is 0.0514. The molecule has 2 aromatic rings. The minimum atomic E-state index is -0.376. The van der Waals surface area contributed by atoms with Gasteiger partial charge in [-0.25, -0.2) is 4.79 Å². The number of esters is 1. The molecule has 4 nitrogen and oxygen atoms in total. The van der Waals surface area contributed by atoms with E-state index in [0.29, 0.717) is 23.7 Å². The Morgan fingerprint density at radius 3 is 1.44 bits per heavy atom. The predicted octanol–water partition coefficient (Wildman–Crippen LogP) is 13.0. The van der Waals surface area contributed by atoms with Gasteiger partial charge in [0.2, 0.25) is 0 Å². The molecule has 0 aliphatic carbocycles. The van der Waals surface area contributed by atoms with Crippen LogP contribution in [-0.2, 0) is 4.74 Å². The molecule has 0 radical (unpaired) electrons. The number of unbranched alkanes of at least 4 members (excludes halogenated alkanes) is 20. The molecule has 0 spiro atoms. The molecular formula is C41H66O4. The summed E-state index contributed by atoms with van der Waals surface area (Å²) in [5.74, 6) is 0.708. The molecule has 254 valence electrons. The van der Waals surface area contributed by atoms with Gasteiger partial charge in [0.25, 0.3) is 0 Å². The van der Waals surface area contributed by atoms with Crippen LogP contribution in [0.1, 0.15) is 184 Å². The average Bonchev–Trinajstić information content (AvgIpc) is 3.06. The van der Waals surface area contributed by atoms with E-state index >= 15 is 0 Å². The maximum atomic E-state index is 12.9. The summed E-state index contributed by atoms with van der Waals surface area (Å²) >= 11 is 0. The standard InChI is InChI=1S/C41H66O4/c1-4-6-8-10-12-13-14-15-16-17-18-19-20-21-23-26-34-43-36(3)37-30-32-38(33-31-37)41(42)45-40-29-25-24-28-39(40)44-35-27-22-11-9-7-5-2/h24-25,28-33,36H,4-23,26-27,34-35H2,1-3H3. The van der Waals surface area contributed by atoms with E-state index in [2.05, 4.69) is 20.8 Å². The number of carbonyl (C=O) groups excluding carboxylic acids is 1. The van der Waals surface area contributed by atoms with Crippen LogP contribution in [0, 0.1) is 0 Å². The molecule has 2 rings (SSSR count). The largest absolute Gasteiger partial charge is 0.490 e. The van der Waals surface area contributed by atoms with Crippen molar-refractivity contribution in [2.24, 2.45) is 0 Å². The Morgan fingerprint density at radius 1 is 0.533 bits per heavy atom. The van der Waals surface area contributed by atoms with Gasteiger partial charge in [-0.05, 0) is 49.6 Å². The number of carbonyl (C=O) groups is 1. The third-order valence-corrected chi connectivity index (χ3v) is 8.79. The van der Waals surface area contributed by atoms with Gasteiger partial charge >= 0.3 is 5.97 Å². The van der Waals surface area contributed by atoms with Crippen LogP contribution in [0.3, 0.4) is 0 Å². The zero-order chi connectivity index (χ0) is 32.2. The van der Waals surface area contributed by atoms with E-state index in [1.165, 1.54) is 122 Å². The smallest absolute Gasteiger partial charge is 0.343 e. The maximum absolute atomic E-state index is 12.9. The van der Waals surface area contributed by atoms with E-state index in [4.69, 9.17) is 14.2 Å². The van der Waals surface area contributed by atoms with E-state index in [1.807, 2.05) is 42.5 Å². The first-order valence-corrected chi connectivity index (χ1v) is 18.8. The third-order valence-electron chi connectivity index (χ3n) is 8.79. The van der Waals surface area contributed by atoms with Gasteiger partial charge < -0.3 is 14.2 Å². The molecule has 0 heterocycles. The highest BCUT2D eigenvalue weighted by molar-refractivity contribution is 5.91. The highest BCUT2D eigenvalue weighted by Gasteiger charge is 2.14. The Kier molecular flexibility index (Phi) is 23.2. The molecule has 4 heteroatoms. The second kappa shape index (κ2) is 26.8. The number of rotatable bonds is 29. The Hall–Kier alpha value is -2.33. The molecule has 0 saturated heterocycles. The van der Waals surface area contributed by atoms with Gasteiger partial charge in [-0.15, -0.1) is 0 Å². The minimum absolute atomic E-state index is 0.00232. The number of hydrogen-bond donors (Lipinski definition) is 0. The van der Waals surface area contributed by atoms with Crippen LogP contribution >= 0.6 is 0 Å². The summed E-state index contributed by atoms with van der Waals surface area (Å²) in [6.45, 7) is 8.01. The first-order valence-electron chi connectivity index (χ1n) is 18.8. The summed E-state index contributed by atoms with van der Waals surface area (Å²) in [5, 5.41) is 0. The van der Waals surface area contributed by atoms with E-state index in [9.17, 15) is 4.79 Å². The van der Waals surface area contributed by atoms with Crippen molar-refractivity contribution in [1.29, 1.82) is 0 Å². The fraction of sp³-hybridized carbons (Fsp3) is 0.683. The molecule has 0 aromatic heterocycles. The zero-order valence-electron chi connectivity index (χ0n) is 29.3. The highest BCUT2D eigenvalue weighted by atomic mass is 16.6. The molecule has 0 amide bonds. The number of para-hydroxylation sites is 2. The molecule has 2 aromatic carbocycles. The lowest BCUT2D eigenvalue weighted by Gasteiger charge is -2.14. The molecule has 0 N–H and O–H groups in total. The normalized spacial score (nSPS) is 11.9. The Labute approximate surface area is 277 Å². The molecule has 0 aliphatic heterocycles. The van der Waals surface area contributed by atoms with Crippen LogP contribution in [0.5, 0.6) is 11.5 Å². The first kappa shape index (κ1) is 38.9. The number of benzene rings is 2. The van der Waals surface area contributed by atoms with Crippen LogP contribution in [0.4, 0.5) is 0 Å². The van der Waals surface area contributed by atoms with E-state index in [0.717, 1.165) is 31.4 Å². The van der Waals surface area contributed by atoms with Crippen molar-refractivity contribution < 1.29 is 19.0 Å². The van der Waals surface area contributed by atoms with E-state index < -0.39 is 0 Å². The topological polar surface area (TPSA) is 44.8 Å². The van der Waals surface area contributed by atoms with Crippen LogP contribution in [0.15, 0.2) is 48.5 Å². The van der Waals surface area contributed by atoms with E-state index in [1.54, 1.807) is 6.07 Å². The van der Waals surface area contributed by atoms with Crippen molar-refractivity contribution in [2.45, 2.75) is 168 Å². The van der Waals surface area contributed by atoms with Gasteiger partial charge in [-0.2, -0.15) is 0 Å². The lowest BCUT2D eigenvalue weighted by Crippen LogP contribution is -2.10. The summed E-state index contributed by atoms with van der Waals surface area (Å²) < 4.78 is 17.8. The summed E-state index contributed by atoms with van der Waals surface area (Å²) in [5.41, 5.74) is 1.60. The first-order chi connectivity index (χ1) is 22.2. The minimum Gasteiger partial charge on any atom is -0.490 e. The molecule has 0 bridgehead atoms. The fourth-order valence-corrected chi connectivity index (χ4v) is 5.77. The fourth-order valence-electron chi connectivity index (χ4n) is 5.77. The van der Waals surface area contributed by atoms with Crippen LogP contribution < -0.4 is 9.47 Å². The van der Waals surface area contributed by atoms with E-state index in [-0.39, 0.29) is 12.1 Å². The van der Waals surface area contributed by atoms with Crippen LogP contribution in [0.25, 0.3) is 0 Å². The molecule has 0 saturated carbocycles. The molecule has 1 atom stereocenters. The van der Waals surface area contributed by atoms with Crippen molar-refractivity contribution >= 4 is 5.97 Å². The van der Waals surface area contributed by atoms with Crippen molar-refractivity contribution in [2.75, 3.05) is 13.2 Å². The molecular weight excluding hydrogens is 556 g/mol. The lowest BCUT2D eigenvalue weighted by molar-refractivity contribution is 0.0625. The Balaban J connectivity index is 1.53. The molecule has 0 fully saturated rings. The predicted molar refractivity (Wildman–Crippen MR) is 191 cm³/mol. The summed E-state index contributed by atoms with van der Waals surface area (Å²) in [7, 11) is 0. The summed E-state index contributed by atoms with van der Waals surface area (Å²) in [4.78, 5) is 12.9. The van der Waals surface area contributed by atoms with Gasteiger partial charge in [0, 0.05) is 6.61 Å². The van der Waals surface area contributed by atoms with Crippen molar-refractivity contribution in [3.8, 4) is 11.5 Å². The maximum Gasteiger partial charge on any atom is 0.343 e. The van der Waals surface area contributed by atoms with Crippen molar-refractivity contribution in [1.82, 2.24) is 0 Å². The second-order valence-corrected chi connectivity index (χ2v) is 12.9. The highest BCUT2D eigenvalue weighted by Crippen LogP contribution is 2.28. The second-order valence-electron chi connectivity index (χ2n) is 12.9. The Morgan fingerprint density at radius 2 is 0.956 bits per heavy atom. The van der Waals surface area contributed by atoms with Gasteiger partial charge in [0.15, 0.2) is 11.5 Å². The summed E-state index contributed by atoms with van der Waals surface area (Å²) in [6, 6.07) is 15.0. The third kappa shape index (κ3) is 19.1. The number of hydrogen-bond acceptors (Lipinski definition) is 4. The van der Waals surface area contributed by atoms with Crippen molar-refractivity contribution in [3.05, 3.63) is 59.7 Å². The Bertz CT molecular complexity index is 970. The SMILES string of the molecule is CCCCCCCCCCCCCCCCCCOC(C)c1ccc(C(=O)Oc2ccccc2OCCCCCCCC)cc1. The molecule has 1 unspecified atom stereocenters. The van der Waals surface area contributed by atoms with Crippen LogP contribution in [0.2, 0.25) is 0 Å². The monoisotopic (exact) mass is 622 g/mol. The van der Waals surface area contributed by atoms with Gasteiger partial charge in [0.05, 0.1) is 18.3 Å². The summed E-state index contributed by atoms with van der Waals surface area (Å²) in [6.07, 6.45) is 29.2. The number of ether oxygens (including phenoxy) is 3. The van der Waals surface area contributed by atoms with Gasteiger partial charge in [-0.3, -0.25) is 0 Å². The van der Waals surface area contributed by atoms with Gasteiger partial charge in [-0.1, -0.05) is 167 Å². The lowest BCUT2D eigenvalue weighted by atomic mass is 10.0. The van der Waals surface area contributed by atoms with Crippen LogP contribution in [-0.4, -0.2) is 19.2 Å². The van der Waals surface area contributed by atoms with Gasteiger partial charge in [0.1, 0.15) is 0 Å². The zero-order valence-corrected chi connectivity index (χ0v) is 29.3. The molecule has 45 heavy (non-hydrogen) atoms. The average molecular weight is 623 g/mol. The molecule has 0 aliphatic rings. The van der Waals surface area contributed by atoms with Crippen molar-refractivity contribution in [3.63, 3.8) is 0 Å².